The van der Waals surface area contributed by atoms with Gasteiger partial charge in [-0.25, -0.2) is 4.52 Å². The van der Waals surface area contributed by atoms with E-state index in [0.717, 1.165) is 27.8 Å². The summed E-state index contributed by atoms with van der Waals surface area (Å²) in [6.45, 7) is 6.59. The van der Waals surface area contributed by atoms with Gasteiger partial charge in [0.25, 0.3) is 0 Å². The zero-order valence-corrected chi connectivity index (χ0v) is 8.81. The highest BCUT2D eigenvalue weighted by molar-refractivity contribution is 7.43. The third-order valence-electron chi connectivity index (χ3n) is 0.994. The van der Waals surface area contributed by atoms with Crippen LogP contribution in [0.25, 0.3) is 0 Å². The molecule has 0 rings (SSSR count). The average molecular weight is 191 g/mol. The van der Waals surface area contributed by atoms with Crippen molar-refractivity contribution in [1.82, 2.24) is 0 Å². The molecule has 0 aromatic carbocycles. The fourth-order valence-electron chi connectivity index (χ4n) is 0.413. The van der Waals surface area contributed by atoms with Gasteiger partial charge in [-0.2, -0.15) is 0 Å². The standard InChI is InChI=1S/C7H15NOP2/c1-3-5-6-9-11-8-10-7-4-2/h4,10H,2-3,5-7H2,1H3. The average Bonchev–Trinajstić information content (AvgIpc) is 2.03. The van der Waals surface area contributed by atoms with Crippen LogP contribution in [-0.2, 0) is 4.52 Å². The van der Waals surface area contributed by atoms with Gasteiger partial charge in [-0.05, 0) is 6.42 Å². The third-order valence-corrected chi connectivity index (χ3v) is 2.66. The molecule has 11 heavy (non-hydrogen) atoms. The predicted octanol–water partition coefficient (Wildman–Crippen LogP) is 3.63. The van der Waals surface area contributed by atoms with Crippen LogP contribution < -0.4 is 0 Å². The van der Waals surface area contributed by atoms with E-state index in [1.165, 1.54) is 6.42 Å². The summed E-state index contributed by atoms with van der Waals surface area (Å²) in [5, 5.41) is 0. The maximum atomic E-state index is 5.20. The molecule has 0 bridgehead atoms. The Balaban J connectivity index is 2.97. The van der Waals surface area contributed by atoms with Gasteiger partial charge in [-0.1, -0.05) is 19.4 Å². The highest BCUT2D eigenvalue weighted by Gasteiger charge is 1.81. The fourth-order valence-corrected chi connectivity index (χ4v) is 1.54. The van der Waals surface area contributed by atoms with Gasteiger partial charge in [0.05, 0.1) is 6.61 Å². The van der Waals surface area contributed by atoms with Crippen molar-refractivity contribution >= 4 is 17.3 Å². The van der Waals surface area contributed by atoms with Crippen molar-refractivity contribution in [1.29, 1.82) is 0 Å². The summed E-state index contributed by atoms with van der Waals surface area (Å²) >= 11 is 0. The molecular weight excluding hydrogens is 176 g/mol. The number of nitrogens with zero attached hydrogens (tertiary/aromatic N) is 1. The fraction of sp³-hybridized carbons (Fsp3) is 0.714. The van der Waals surface area contributed by atoms with E-state index in [1.54, 1.807) is 0 Å². The number of allylic oxidation sites excluding steroid dienone is 1. The summed E-state index contributed by atoms with van der Waals surface area (Å²) in [5.41, 5.74) is 0. The smallest absolute Gasteiger partial charge is 0.175 e. The van der Waals surface area contributed by atoms with Gasteiger partial charge in [0.1, 0.15) is 0 Å². The number of hydrogen-bond donors (Lipinski definition) is 0. The minimum Gasteiger partial charge on any atom is -0.311 e. The van der Waals surface area contributed by atoms with Crippen molar-refractivity contribution in [3.8, 4) is 0 Å². The molecule has 64 valence electrons. The van der Waals surface area contributed by atoms with E-state index in [2.05, 4.69) is 18.0 Å². The second kappa shape index (κ2) is 10.2. The van der Waals surface area contributed by atoms with Crippen LogP contribution >= 0.6 is 17.3 Å². The molecule has 0 aromatic rings. The first-order chi connectivity index (χ1) is 5.41. The van der Waals surface area contributed by atoms with Crippen molar-refractivity contribution in [2.24, 2.45) is 4.52 Å². The van der Waals surface area contributed by atoms with Crippen LogP contribution in [0.4, 0.5) is 0 Å². The number of unbranched alkanes of at least 4 members (excludes halogenated alkanes) is 1. The van der Waals surface area contributed by atoms with Crippen LogP contribution in [0.1, 0.15) is 19.8 Å². The third kappa shape index (κ3) is 10.2. The van der Waals surface area contributed by atoms with Gasteiger partial charge in [-0.15, -0.1) is 6.58 Å². The molecule has 1 atom stereocenters. The maximum Gasteiger partial charge on any atom is 0.175 e. The Kier molecular flexibility index (Phi) is 10.4. The maximum absolute atomic E-state index is 5.20. The molecule has 0 heterocycles. The number of rotatable bonds is 7. The lowest BCUT2D eigenvalue weighted by Crippen LogP contribution is -1.79. The summed E-state index contributed by atoms with van der Waals surface area (Å²) in [6.07, 6.45) is 5.17. The molecule has 0 amide bonds. The Morgan fingerprint density at radius 3 is 3.18 bits per heavy atom. The lowest BCUT2D eigenvalue weighted by atomic mass is 10.4. The molecule has 0 aromatic heterocycles. The monoisotopic (exact) mass is 191 g/mol. The SMILES string of the molecule is C=CCPN=POCCCC. The topological polar surface area (TPSA) is 21.6 Å². The molecule has 0 spiro atoms. The highest BCUT2D eigenvalue weighted by Crippen LogP contribution is 2.19. The summed E-state index contributed by atoms with van der Waals surface area (Å²) in [6, 6.07) is 0. The molecule has 0 saturated carbocycles. The molecular formula is C7H15NOP2. The molecule has 1 unspecified atom stereocenters. The molecule has 0 saturated heterocycles. The van der Waals surface area contributed by atoms with Crippen molar-refractivity contribution in [2.45, 2.75) is 19.8 Å². The Morgan fingerprint density at radius 1 is 1.73 bits per heavy atom. The lowest BCUT2D eigenvalue weighted by Gasteiger charge is -1.91. The first-order valence-corrected chi connectivity index (χ1v) is 5.69. The molecule has 0 fully saturated rings. The predicted molar refractivity (Wildman–Crippen MR) is 53.6 cm³/mol. The minimum absolute atomic E-state index is 0.614. The van der Waals surface area contributed by atoms with Crippen LogP contribution in [0.2, 0.25) is 0 Å². The van der Waals surface area contributed by atoms with Crippen LogP contribution in [-0.4, -0.2) is 12.8 Å². The minimum atomic E-state index is 0.614. The Morgan fingerprint density at radius 2 is 2.55 bits per heavy atom. The second-order valence-corrected chi connectivity index (χ2v) is 3.97. The molecule has 4 heteroatoms. The van der Waals surface area contributed by atoms with Gasteiger partial charge < -0.3 is 4.52 Å². The number of hydrogen-bond acceptors (Lipinski definition) is 2. The van der Waals surface area contributed by atoms with E-state index in [0.29, 0.717) is 8.73 Å². The van der Waals surface area contributed by atoms with Gasteiger partial charge in [0, 0.05) is 14.9 Å². The lowest BCUT2D eigenvalue weighted by molar-refractivity contribution is 0.356. The normalized spacial score (nSPS) is 11.7. The molecule has 0 aliphatic carbocycles. The van der Waals surface area contributed by atoms with Gasteiger partial charge >= 0.3 is 0 Å². The Labute approximate surface area is 72.2 Å². The van der Waals surface area contributed by atoms with E-state index in [9.17, 15) is 0 Å². The van der Waals surface area contributed by atoms with Gasteiger partial charge in [-0.3, -0.25) is 0 Å². The van der Waals surface area contributed by atoms with Gasteiger partial charge in [0.2, 0.25) is 0 Å². The highest BCUT2D eigenvalue weighted by atomic mass is 31.1. The van der Waals surface area contributed by atoms with Crippen molar-refractivity contribution in [3.63, 3.8) is 0 Å². The van der Waals surface area contributed by atoms with E-state index in [-0.39, 0.29) is 0 Å². The van der Waals surface area contributed by atoms with Gasteiger partial charge in [0.15, 0.2) is 8.60 Å². The zero-order valence-electron chi connectivity index (χ0n) is 6.92. The van der Waals surface area contributed by atoms with Crippen LogP contribution in [0.5, 0.6) is 0 Å². The van der Waals surface area contributed by atoms with Crippen molar-refractivity contribution in [3.05, 3.63) is 12.7 Å². The Hall–Kier alpha value is 0.230. The second-order valence-electron chi connectivity index (χ2n) is 2.02. The van der Waals surface area contributed by atoms with E-state index >= 15 is 0 Å². The molecule has 2 nitrogen and oxygen atoms in total. The largest absolute Gasteiger partial charge is 0.311 e. The first kappa shape index (κ1) is 11.2. The zero-order chi connectivity index (χ0) is 8.36. The first-order valence-electron chi connectivity index (χ1n) is 3.77. The van der Waals surface area contributed by atoms with E-state index in [1.807, 2.05) is 6.08 Å². The van der Waals surface area contributed by atoms with E-state index in [4.69, 9.17) is 4.52 Å². The summed E-state index contributed by atoms with van der Waals surface area (Å²) in [7, 11) is 1.40. The summed E-state index contributed by atoms with van der Waals surface area (Å²) < 4.78 is 9.34. The van der Waals surface area contributed by atoms with Crippen molar-refractivity contribution in [2.75, 3.05) is 12.8 Å². The van der Waals surface area contributed by atoms with Crippen molar-refractivity contribution < 1.29 is 4.52 Å². The molecule has 0 radical (unpaired) electrons. The summed E-state index contributed by atoms with van der Waals surface area (Å²) in [5.74, 6) is 0. The quantitative estimate of drug-likeness (QED) is 0.342. The summed E-state index contributed by atoms with van der Waals surface area (Å²) in [4.78, 5) is 0. The van der Waals surface area contributed by atoms with Crippen LogP contribution in [0.15, 0.2) is 17.2 Å². The van der Waals surface area contributed by atoms with E-state index < -0.39 is 0 Å². The Bertz CT molecular complexity index is 117. The molecule has 0 aliphatic heterocycles. The molecule has 0 N–H and O–H groups in total. The molecule has 0 aliphatic rings. The van der Waals surface area contributed by atoms with Crippen LogP contribution in [0, 0.1) is 0 Å². The van der Waals surface area contributed by atoms with Crippen LogP contribution in [0.3, 0.4) is 0 Å².